The minimum absolute atomic E-state index is 0.838. The molecule has 0 spiro atoms. The lowest BCUT2D eigenvalue weighted by Gasteiger charge is -2.07. The van der Waals surface area contributed by atoms with Gasteiger partial charge in [-0.25, -0.2) is 9.97 Å². The van der Waals surface area contributed by atoms with Crippen molar-refractivity contribution in [3.63, 3.8) is 0 Å². The van der Waals surface area contributed by atoms with Gasteiger partial charge in [0.15, 0.2) is 0 Å². The monoisotopic (exact) mass is 238 g/mol. The van der Waals surface area contributed by atoms with Crippen LogP contribution in [0.5, 0.6) is 0 Å². The van der Waals surface area contributed by atoms with E-state index in [1.165, 1.54) is 5.57 Å². The van der Waals surface area contributed by atoms with Crippen molar-refractivity contribution in [1.29, 1.82) is 0 Å². The summed E-state index contributed by atoms with van der Waals surface area (Å²) in [5.74, 6) is 0. The molecule has 0 radical (unpaired) electrons. The molecule has 0 aliphatic rings. The van der Waals surface area contributed by atoms with Gasteiger partial charge in [0.05, 0.1) is 22.4 Å². The van der Waals surface area contributed by atoms with E-state index in [0.717, 1.165) is 28.8 Å². The van der Waals surface area contributed by atoms with E-state index < -0.39 is 0 Å². The summed E-state index contributed by atoms with van der Waals surface area (Å²) in [6.45, 7) is 6.11. The van der Waals surface area contributed by atoms with Crippen LogP contribution in [0.1, 0.15) is 25.2 Å². The molecule has 92 valence electrons. The zero-order valence-electron chi connectivity index (χ0n) is 11.1. The third-order valence-electron chi connectivity index (χ3n) is 2.97. The maximum Gasteiger partial charge on any atom is 0.0890 e. The minimum atomic E-state index is 0.838. The number of benzene rings is 1. The van der Waals surface area contributed by atoms with E-state index in [4.69, 9.17) is 4.98 Å². The molecule has 0 unspecified atom stereocenters. The van der Waals surface area contributed by atoms with Crippen molar-refractivity contribution in [3.8, 4) is 0 Å². The second kappa shape index (κ2) is 5.58. The molecule has 0 N–H and O–H groups in total. The minimum Gasteiger partial charge on any atom is -0.250 e. The summed E-state index contributed by atoms with van der Waals surface area (Å²) in [5, 5.41) is 0. The van der Waals surface area contributed by atoms with Crippen molar-refractivity contribution >= 4 is 11.0 Å². The molecular formula is C16H18N2. The van der Waals surface area contributed by atoms with Gasteiger partial charge in [0.25, 0.3) is 0 Å². The predicted octanol–water partition coefficient (Wildman–Crippen LogP) is 4.00. The highest BCUT2D eigenvalue weighted by molar-refractivity contribution is 5.74. The van der Waals surface area contributed by atoms with E-state index >= 15 is 0 Å². The average Bonchev–Trinajstić information content (AvgIpc) is 2.39. The third-order valence-corrected chi connectivity index (χ3v) is 2.97. The Labute approximate surface area is 108 Å². The van der Waals surface area contributed by atoms with Crippen LogP contribution in [0.3, 0.4) is 0 Å². The molecule has 0 aliphatic carbocycles. The van der Waals surface area contributed by atoms with E-state index in [2.05, 4.69) is 30.1 Å². The van der Waals surface area contributed by atoms with Crippen LogP contribution in [0, 0.1) is 6.92 Å². The largest absolute Gasteiger partial charge is 0.250 e. The standard InChI is InChI=1S/C16H18N2/c1-4-8-13(5-2)11-16-12(3)17-14-9-6-7-10-15(14)18-16/h4-10H,11H2,1-3H3/b8-4-,13-5+. The first kappa shape index (κ1) is 12.5. The number of nitrogens with zero attached hydrogens (tertiary/aromatic N) is 2. The molecule has 1 aromatic heterocycles. The quantitative estimate of drug-likeness (QED) is 0.755. The fourth-order valence-corrected chi connectivity index (χ4v) is 1.96. The molecule has 2 rings (SSSR count). The van der Waals surface area contributed by atoms with Crippen molar-refractivity contribution in [1.82, 2.24) is 9.97 Å². The number of aryl methyl sites for hydroxylation is 1. The van der Waals surface area contributed by atoms with Crippen LogP contribution in [-0.2, 0) is 6.42 Å². The molecule has 0 saturated carbocycles. The average molecular weight is 238 g/mol. The Bertz CT molecular complexity index is 610. The van der Waals surface area contributed by atoms with Gasteiger partial charge in [0, 0.05) is 6.42 Å². The number of hydrogen-bond acceptors (Lipinski definition) is 2. The highest BCUT2D eigenvalue weighted by atomic mass is 14.8. The molecule has 0 amide bonds. The highest BCUT2D eigenvalue weighted by Crippen LogP contribution is 2.15. The number of rotatable bonds is 3. The summed E-state index contributed by atoms with van der Waals surface area (Å²) in [6, 6.07) is 8.00. The Morgan fingerprint density at radius 3 is 2.39 bits per heavy atom. The lowest BCUT2D eigenvalue weighted by Crippen LogP contribution is -1.99. The van der Waals surface area contributed by atoms with Gasteiger partial charge < -0.3 is 0 Å². The zero-order valence-corrected chi connectivity index (χ0v) is 11.1. The van der Waals surface area contributed by atoms with E-state index in [1.54, 1.807) is 0 Å². The molecule has 1 aromatic carbocycles. The molecule has 1 heterocycles. The van der Waals surface area contributed by atoms with E-state index in [0.29, 0.717) is 0 Å². The van der Waals surface area contributed by atoms with Crippen LogP contribution in [0.25, 0.3) is 11.0 Å². The molecule has 2 aromatic rings. The van der Waals surface area contributed by atoms with Crippen molar-refractivity contribution in [3.05, 3.63) is 59.5 Å². The first-order valence-electron chi connectivity index (χ1n) is 6.24. The molecule has 0 bridgehead atoms. The molecule has 0 fully saturated rings. The van der Waals surface area contributed by atoms with Gasteiger partial charge >= 0.3 is 0 Å². The predicted molar refractivity (Wildman–Crippen MR) is 76.6 cm³/mol. The Kier molecular flexibility index (Phi) is 3.88. The first-order chi connectivity index (χ1) is 8.74. The molecule has 2 heteroatoms. The number of para-hydroxylation sites is 2. The van der Waals surface area contributed by atoms with E-state index in [-0.39, 0.29) is 0 Å². The molecule has 2 nitrogen and oxygen atoms in total. The summed E-state index contributed by atoms with van der Waals surface area (Å²) >= 11 is 0. The van der Waals surface area contributed by atoms with Gasteiger partial charge in [0.2, 0.25) is 0 Å². The third kappa shape index (κ3) is 2.65. The molecule has 0 atom stereocenters. The molecular weight excluding hydrogens is 220 g/mol. The second-order valence-corrected chi connectivity index (χ2v) is 4.28. The fraction of sp³-hybridized carbons (Fsp3) is 0.250. The maximum absolute atomic E-state index is 4.71. The summed E-state index contributed by atoms with van der Waals surface area (Å²) in [5.41, 5.74) is 5.27. The van der Waals surface area contributed by atoms with Gasteiger partial charge in [0.1, 0.15) is 0 Å². The number of fused-ring (bicyclic) bond motifs is 1. The maximum atomic E-state index is 4.71. The van der Waals surface area contributed by atoms with E-state index in [1.807, 2.05) is 38.1 Å². The lowest BCUT2D eigenvalue weighted by atomic mass is 10.1. The number of aromatic nitrogens is 2. The van der Waals surface area contributed by atoms with Gasteiger partial charge in [-0.2, -0.15) is 0 Å². The van der Waals surface area contributed by atoms with Gasteiger partial charge in [-0.3, -0.25) is 0 Å². The summed E-state index contributed by atoms with van der Waals surface area (Å²) in [7, 11) is 0. The van der Waals surface area contributed by atoms with Gasteiger partial charge in [-0.05, 0) is 38.5 Å². The fourth-order valence-electron chi connectivity index (χ4n) is 1.96. The normalized spacial score (nSPS) is 12.5. The van der Waals surface area contributed by atoms with Crippen LogP contribution in [0.15, 0.2) is 48.1 Å². The molecule has 18 heavy (non-hydrogen) atoms. The second-order valence-electron chi connectivity index (χ2n) is 4.28. The topological polar surface area (TPSA) is 25.8 Å². The number of allylic oxidation sites excluding steroid dienone is 4. The van der Waals surface area contributed by atoms with Crippen molar-refractivity contribution < 1.29 is 0 Å². The van der Waals surface area contributed by atoms with Crippen LogP contribution in [0.4, 0.5) is 0 Å². The SMILES string of the molecule is C/C=C\C(=C/C)Cc1nc2ccccc2nc1C. The first-order valence-corrected chi connectivity index (χ1v) is 6.24. The Morgan fingerprint density at radius 1 is 1.11 bits per heavy atom. The summed E-state index contributed by atoms with van der Waals surface area (Å²) in [6.07, 6.45) is 7.14. The lowest BCUT2D eigenvalue weighted by molar-refractivity contribution is 1.02. The smallest absolute Gasteiger partial charge is 0.0890 e. The van der Waals surface area contributed by atoms with Gasteiger partial charge in [-0.15, -0.1) is 0 Å². The van der Waals surface area contributed by atoms with Crippen molar-refractivity contribution in [2.75, 3.05) is 0 Å². The Hall–Kier alpha value is -1.96. The van der Waals surface area contributed by atoms with Crippen molar-refractivity contribution in [2.45, 2.75) is 27.2 Å². The van der Waals surface area contributed by atoms with Gasteiger partial charge in [-0.1, -0.05) is 30.4 Å². The Balaban J connectivity index is 2.42. The summed E-state index contributed by atoms with van der Waals surface area (Å²) in [4.78, 5) is 9.32. The highest BCUT2D eigenvalue weighted by Gasteiger charge is 2.05. The van der Waals surface area contributed by atoms with Crippen LogP contribution < -0.4 is 0 Å². The van der Waals surface area contributed by atoms with Crippen LogP contribution >= 0.6 is 0 Å². The number of hydrogen-bond donors (Lipinski definition) is 0. The zero-order chi connectivity index (χ0) is 13.0. The van der Waals surface area contributed by atoms with Crippen molar-refractivity contribution in [2.24, 2.45) is 0 Å². The van der Waals surface area contributed by atoms with Crippen LogP contribution in [-0.4, -0.2) is 9.97 Å². The van der Waals surface area contributed by atoms with Crippen LogP contribution in [0.2, 0.25) is 0 Å². The molecule has 0 aliphatic heterocycles. The molecule has 0 saturated heterocycles. The Morgan fingerprint density at radius 2 is 1.78 bits per heavy atom. The summed E-state index contributed by atoms with van der Waals surface area (Å²) < 4.78 is 0. The van der Waals surface area contributed by atoms with E-state index in [9.17, 15) is 0 Å².